The highest BCUT2D eigenvalue weighted by Crippen LogP contribution is 2.12. The van der Waals surface area contributed by atoms with Crippen LogP contribution in [0.25, 0.3) is 0 Å². The predicted molar refractivity (Wildman–Crippen MR) is 62.0 cm³/mol. The molecule has 4 nitrogen and oxygen atoms in total. The van der Waals surface area contributed by atoms with Crippen LogP contribution in [0.5, 0.6) is 0 Å². The average Bonchev–Trinajstić information content (AvgIpc) is 2.76. The summed E-state index contributed by atoms with van der Waals surface area (Å²) in [4.78, 5) is 14.5. The van der Waals surface area contributed by atoms with Gasteiger partial charge in [-0.25, -0.2) is 9.78 Å². The third kappa shape index (κ3) is 2.72. The molecule has 0 saturated carbocycles. The molecule has 2 aromatic rings. The van der Waals surface area contributed by atoms with Gasteiger partial charge in [0.1, 0.15) is 5.76 Å². The molecule has 4 heteroatoms. The van der Waals surface area contributed by atoms with Crippen molar-refractivity contribution in [3.05, 3.63) is 53.2 Å². The van der Waals surface area contributed by atoms with Crippen LogP contribution in [0.4, 0.5) is 0 Å². The molecule has 0 aliphatic heterocycles. The van der Waals surface area contributed by atoms with Crippen molar-refractivity contribution in [1.82, 2.24) is 4.98 Å². The molecule has 0 aliphatic rings. The molecule has 88 valence electrons. The van der Waals surface area contributed by atoms with E-state index in [-0.39, 0.29) is 5.69 Å². The summed E-state index contributed by atoms with van der Waals surface area (Å²) in [5.41, 5.74) is 2.38. The smallest absolute Gasteiger partial charge is 0.358 e. The zero-order valence-corrected chi connectivity index (χ0v) is 9.51. The second kappa shape index (κ2) is 4.82. The molecule has 1 heterocycles. The number of carboxylic acids is 1. The van der Waals surface area contributed by atoms with Crippen molar-refractivity contribution in [2.75, 3.05) is 0 Å². The summed E-state index contributed by atoms with van der Waals surface area (Å²) in [6.07, 6.45) is 2.47. The topological polar surface area (TPSA) is 63.3 Å². The Bertz CT molecular complexity index is 514. The van der Waals surface area contributed by atoms with Crippen molar-refractivity contribution in [1.29, 1.82) is 0 Å². The first-order chi connectivity index (χ1) is 8.16. The van der Waals surface area contributed by atoms with E-state index in [1.807, 2.05) is 31.2 Å². The first-order valence-electron chi connectivity index (χ1n) is 5.38. The van der Waals surface area contributed by atoms with Gasteiger partial charge in [-0.15, -0.1) is 0 Å². The summed E-state index contributed by atoms with van der Waals surface area (Å²) in [6.45, 7) is 2.03. The van der Waals surface area contributed by atoms with Gasteiger partial charge < -0.3 is 9.52 Å². The number of rotatable bonds is 4. The lowest BCUT2D eigenvalue weighted by Crippen LogP contribution is -2.02. The van der Waals surface area contributed by atoms with E-state index < -0.39 is 5.97 Å². The van der Waals surface area contributed by atoms with Crippen LogP contribution in [0.2, 0.25) is 0 Å². The van der Waals surface area contributed by atoms with Crippen LogP contribution in [0.1, 0.15) is 27.4 Å². The average molecular weight is 231 g/mol. The van der Waals surface area contributed by atoms with Crippen LogP contribution in [0.3, 0.4) is 0 Å². The number of aryl methyl sites for hydroxylation is 3. The van der Waals surface area contributed by atoms with Gasteiger partial charge in [0, 0.05) is 6.42 Å². The van der Waals surface area contributed by atoms with Gasteiger partial charge in [0.2, 0.25) is 0 Å². The molecule has 17 heavy (non-hydrogen) atoms. The summed E-state index contributed by atoms with van der Waals surface area (Å²) in [5, 5.41) is 8.87. The van der Waals surface area contributed by atoms with E-state index in [1.165, 1.54) is 12.0 Å². The SMILES string of the molecule is Cc1ccc(CCc2ocnc2C(=O)O)cc1. The summed E-state index contributed by atoms with van der Waals surface area (Å²) >= 11 is 0. The van der Waals surface area contributed by atoms with Crippen LogP contribution in [-0.2, 0) is 12.8 Å². The molecular formula is C13H13NO3. The Morgan fingerprint density at radius 1 is 1.29 bits per heavy atom. The van der Waals surface area contributed by atoms with E-state index >= 15 is 0 Å². The molecule has 0 radical (unpaired) electrons. The summed E-state index contributed by atoms with van der Waals surface area (Å²) in [7, 11) is 0. The first-order valence-corrected chi connectivity index (χ1v) is 5.38. The maximum Gasteiger partial charge on any atom is 0.358 e. The summed E-state index contributed by atoms with van der Waals surface area (Å²) in [5.74, 6) is -0.615. The summed E-state index contributed by atoms with van der Waals surface area (Å²) < 4.78 is 5.08. The minimum atomic E-state index is -1.04. The third-order valence-electron chi connectivity index (χ3n) is 2.60. The fourth-order valence-electron chi connectivity index (χ4n) is 1.63. The van der Waals surface area contributed by atoms with E-state index in [9.17, 15) is 4.79 Å². The van der Waals surface area contributed by atoms with Gasteiger partial charge in [-0.2, -0.15) is 0 Å². The minimum absolute atomic E-state index is 0.0112. The molecule has 1 aromatic heterocycles. The zero-order chi connectivity index (χ0) is 12.3. The molecule has 0 amide bonds. The Hall–Kier alpha value is -2.10. The molecule has 2 rings (SSSR count). The molecule has 0 fully saturated rings. The maximum absolute atomic E-state index is 10.8. The Balaban J connectivity index is 2.05. The van der Waals surface area contributed by atoms with Crippen molar-refractivity contribution in [2.24, 2.45) is 0 Å². The van der Waals surface area contributed by atoms with Crippen molar-refractivity contribution >= 4 is 5.97 Å². The van der Waals surface area contributed by atoms with Gasteiger partial charge in [0.15, 0.2) is 12.1 Å². The van der Waals surface area contributed by atoms with E-state index in [0.717, 1.165) is 12.0 Å². The van der Waals surface area contributed by atoms with Crippen molar-refractivity contribution in [2.45, 2.75) is 19.8 Å². The van der Waals surface area contributed by atoms with E-state index in [2.05, 4.69) is 4.98 Å². The molecule has 0 unspecified atom stereocenters. The van der Waals surface area contributed by atoms with E-state index in [1.54, 1.807) is 0 Å². The Labute approximate surface area is 98.9 Å². The normalized spacial score (nSPS) is 10.4. The number of carbonyl (C=O) groups is 1. The number of benzene rings is 1. The molecule has 0 aliphatic carbocycles. The van der Waals surface area contributed by atoms with Gasteiger partial charge in [-0.3, -0.25) is 0 Å². The molecular weight excluding hydrogens is 218 g/mol. The van der Waals surface area contributed by atoms with Crippen LogP contribution in [0.15, 0.2) is 35.1 Å². The number of hydrogen-bond donors (Lipinski definition) is 1. The van der Waals surface area contributed by atoms with Crippen molar-refractivity contribution in [3.63, 3.8) is 0 Å². The second-order valence-electron chi connectivity index (χ2n) is 3.91. The van der Waals surface area contributed by atoms with Gasteiger partial charge in [-0.05, 0) is 18.9 Å². The quantitative estimate of drug-likeness (QED) is 0.877. The maximum atomic E-state index is 10.8. The first kappa shape index (κ1) is 11.4. The number of hydrogen-bond acceptors (Lipinski definition) is 3. The molecule has 1 aromatic carbocycles. The highest BCUT2D eigenvalue weighted by Gasteiger charge is 2.14. The number of carboxylic acid groups (broad SMARTS) is 1. The van der Waals surface area contributed by atoms with E-state index in [4.69, 9.17) is 9.52 Å². The van der Waals surface area contributed by atoms with Crippen LogP contribution in [-0.4, -0.2) is 16.1 Å². The van der Waals surface area contributed by atoms with Crippen molar-refractivity contribution < 1.29 is 14.3 Å². The highest BCUT2D eigenvalue weighted by atomic mass is 16.4. The lowest BCUT2D eigenvalue weighted by molar-refractivity contribution is 0.0689. The van der Waals surface area contributed by atoms with Crippen LogP contribution >= 0.6 is 0 Å². The Morgan fingerprint density at radius 3 is 2.65 bits per heavy atom. The molecule has 0 atom stereocenters. The minimum Gasteiger partial charge on any atom is -0.476 e. The predicted octanol–water partition coefficient (Wildman–Crippen LogP) is 2.47. The fraction of sp³-hybridized carbons (Fsp3) is 0.231. The van der Waals surface area contributed by atoms with Gasteiger partial charge in [0.05, 0.1) is 0 Å². The lowest BCUT2D eigenvalue weighted by atomic mass is 10.1. The van der Waals surface area contributed by atoms with Crippen LogP contribution in [0, 0.1) is 6.92 Å². The molecule has 0 bridgehead atoms. The zero-order valence-electron chi connectivity index (χ0n) is 9.51. The fourth-order valence-corrected chi connectivity index (χ4v) is 1.63. The van der Waals surface area contributed by atoms with Gasteiger partial charge >= 0.3 is 5.97 Å². The second-order valence-corrected chi connectivity index (χ2v) is 3.91. The number of aromatic carboxylic acids is 1. The largest absolute Gasteiger partial charge is 0.476 e. The Kier molecular flexibility index (Phi) is 3.23. The number of aromatic nitrogens is 1. The van der Waals surface area contributed by atoms with E-state index in [0.29, 0.717) is 12.2 Å². The molecule has 0 saturated heterocycles. The lowest BCUT2D eigenvalue weighted by Gasteiger charge is -2.00. The molecule has 1 N–H and O–H groups in total. The number of oxazole rings is 1. The molecule has 0 spiro atoms. The van der Waals surface area contributed by atoms with Crippen molar-refractivity contribution in [3.8, 4) is 0 Å². The highest BCUT2D eigenvalue weighted by molar-refractivity contribution is 5.86. The standard InChI is InChI=1S/C13H13NO3/c1-9-2-4-10(5-3-9)6-7-11-12(13(15)16)14-8-17-11/h2-5,8H,6-7H2,1H3,(H,15,16). The number of nitrogens with zero attached hydrogens (tertiary/aromatic N) is 1. The third-order valence-corrected chi connectivity index (χ3v) is 2.60. The van der Waals surface area contributed by atoms with Crippen LogP contribution < -0.4 is 0 Å². The monoisotopic (exact) mass is 231 g/mol. The van der Waals surface area contributed by atoms with Gasteiger partial charge in [-0.1, -0.05) is 29.8 Å². The Morgan fingerprint density at radius 2 is 2.00 bits per heavy atom. The van der Waals surface area contributed by atoms with Gasteiger partial charge in [0.25, 0.3) is 0 Å². The summed E-state index contributed by atoms with van der Waals surface area (Å²) in [6, 6.07) is 8.14.